The molecule has 0 bridgehead atoms. The molecule has 0 atom stereocenters. The van der Waals surface area contributed by atoms with Crippen LogP contribution < -0.4 is 4.90 Å². The first-order chi connectivity index (χ1) is 10.2. The van der Waals surface area contributed by atoms with Gasteiger partial charge < -0.3 is 9.64 Å². The minimum atomic E-state index is -0.350. The summed E-state index contributed by atoms with van der Waals surface area (Å²) in [5.74, 6) is -0.356. The minimum Gasteiger partial charge on any atom is -0.465 e. The summed E-state index contributed by atoms with van der Waals surface area (Å²) >= 11 is 1.43. The molecule has 0 fully saturated rings. The minimum absolute atomic E-state index is 0.00651. The van der Waals surface area contributed by atoms with Gasteiger partial charge in [0, 0.05) is 12.2 Å². The highest BCUT2D eigenvalue weighted by Crippen LogP contribution is 2.31. The second-order valence-electron chi connectivity index (χ2n) is 4.83. The van der Waals surface area contributed by atoms with Crippen molar-refractivity contribution < 1.29 is 14.3 Å². The third-order valence-electron chi connectivity index (χ3n) is 3.63. The highest BCUT2D eigenvalue weighted by molar-refractivity contribution is 7.12. The Labute approximate surface area is 127 Å². The van der Waals surface area contributed by atoms with Crippen molar-refractivity contribution in [2.75, 3.05) is 18.6 Å². The Bertz CT molecular complexity index is 679. The second kappa shape index (κ2) is 5.69. The van der Waals surface area contributed by atoms with E-state index in [9.17, 15) is 9.59 Å². The van der Waals surface area contributed by atoms with Crippen molar-refractivity contribution >= 4 is 28.9 Å². The van der Waals surface area contributed by atoms with Gasteiger partial charge in [-0.05, 0) is 42.0 Å². The largest absolute Gasteiger partial charge is 0.465 e. The summed E-state index contributed by atoms with van der Waals surface area (Å²) in [6, 6.07) is 9.14. The number of carbonyl (C=O) groups excluding carboxylic acids is 2. The van der Waals surface area contributed by atoms with E-state index in [0.717, 1.165) is 24.1 Å². The number of hydrogen-bond donors (Lipinski definition) is 0. The van der Waals surface area contributed by atoms with E-state index in [2.05, 4.69) is 0 Å². The smallest absolute Gasteiger partial charge is 0.338 e. The van der Waals surface area contributed by atoms with E-state index in [0.29, 0.717) is 17.0 Å². The first-order valence-corrected chi connectivity index (χ1v) is 7.66. The summed E-state index contributed by atoms with van der Waals surface area (Å²) in [4.78, 5) is 26.9. The van der Waals surface area contributed by atoms with Crippen molar-refractivity contribution in [1.29, 1.82) is 0 Å². The van der Waals surface area contributed by atoms with E-state index in [1.165, 1.54) is 18.4 Å². The van der Waals surface area contributed by atoms with Crippen LogP contribution in [-0.2, 0) is 11.2 Å². The van der Waals surface area contributed by atoms with E-state index in [1.807, 2.05) is 23.6 Å². The molecular weight excluding hydrogens is 286 g/mol. The fourth-order valence-corrected chi connectivity index (χ4v) is 3.34. The van der Waals surface area contributed by atoms with Crippen LogP contribution >= 0.6 is 11.3 Å². The molecule has 4 nitrogen and oxygen atoms in total. The van der Waals surface area contributed by atoms with Gasteiger partial charge in [-0.3, -0.25) is 4.79 Å². The zero-order valence-electron chi connectivity index (χ0n) is 11.7. The molecule has 5 heteroatoms. The lowest BCUT2D eigenvalue weighted by molar-refractivity contribution is 0.0599. The van der Waals surface area contributed by atoms with Gasteiger partial charge in [0.05, 0.1) is 17.6 Å². The van der Waals surface area contributed by atoms with E-state index >= 15 is 0 Å². The molecule has 1 aliphatic rings. The Hall–Kier alpha value is -2.14. The molecule has 0 unspecified atom stereocenters. The van der Waals surface area contributed by atoms with Crippen molar-refractivity contribution in [1.82, 2.24) is 0 Å². The summed E-state index contributed by atoms with van der Waals surface area (Å²) in [6.45, 7) is 0.675. The van der Waals surface area contributed by atoms with Crippen LogP contribution in [0.4, 0.5) is 5.69 Å². The molecule has 21 heavy (non-hydrogen) atoms. The standard InChI is InChI=1S/C16H15NO3S/c1-20-16(19)12-5-2-7-13-11(12)6-3-9-17(13)15(18)14-8-4-10-21-14/h2,4-5,7-8,10H,3,6,9H2,1H3. The number of esters is 1. The van der Waals surface area contributed by atoms with E-state index in [4.69, 9.17) is 4.74 Å². The first kappa shape index (κ1) is 13.8. The quantitative estimate of drug-likeness (QED) is 0.801. The fourth-order valence-electron chi connectivity index (χ4n) is 2.67. The molecule has 1 amide bonds. The van der Waals surface area contributed by atoms with Crippen LogP contribution in [0, 0.1) is 0 Å². The van der Waals surface area contributed by atoms with Crippen molar-refractivity contribution in [3.63, 3.8) is 0 Å². The lowest BCUT2D eigenvalue weighted by Crippen LogP contribution is -2.35. The van der Waals surface area contributed by atoms with E-state index < -0.39 is 0 Å². The van der Waals surface area contributed by atoms with Gasteiger partial charge in [-0.1, -0.05) is 12.1 Å². The van der Waals surface area contributed by atoms with E-state index in [-0.39, 0.29) is 11.9 Å². The predicted octanol–water partition coefficient (Wildman–Crippen LogP) is 3.13. The SMILES string of the molecule is COC(=O)c1cccc2c1CCCN2C(=O)c1cccs1. The Kier molecular flexibility index (Phi) is 3.75. The average Bonchev–Trinajstić information content (AvgIpc) is 3.06. The van der Waals surface area contributed by atoms with Crippen LogP contribution in [0.5, 0.6) is 0 Å². The number of anilines is 1. The summed E-state index contributed by atoms with van der Waals surface area (Å²) in [7, 11) is 1.37. The number of rotatable bonds is 2. The van der Waals surface area contributed by atoms with Crippen LogP contribution in [0.1, 0.15) is 32.0 Å². The second-order valence-corrected chi connectivity index (χ2v) is 5.78. The lowest BCUT2D eigenvalue weighted by Gasteiger charge is -2.30. The Balaban J connectivity index is 2.03. The molecular formula is C16H15NO3S. The number of carbonyl (C=O) groups is 2. The number of hydrogen-bond acceptors (Lipinski definition) is 4. The fraction of sp³-hybridized carbons (Fsp3) is 0.250. The molecule has 0 saturated carbocycles. The highest BCUT2D eigenvalue weighted by atomic mass is 32.1. The van der Waals surface area contributed by atoms with Crippen LogP contribution in [0.15, 0.2) is 35.7 Å². The molecule has 0 radical (unpaired) electrons. The van der Waals surface area contributed by atoms with Gasteiger partial charge in [-0.2, -0.15) is 0 Å². The zero-order chi connectivity index (χ0) is 14.8. The van der Waals surface area contributed by atoms with Gasteiger partial charge in [0.2, 0.25) is 0 Å². The number of methoxy groups -OCH3 is 1. The molecule has 1 aromatic carbocycles. The Morgan fingerprint density at radius 1 is 1.24 bits per heavy atom. The maximum Gasteiger partial charge on any atom is 0.338 e. The molecule has 0 spiro atoms. The van der Waals surface area contributed by atoms with Gasteiger partial charge in [0.1, 0.15) is 0 Å². The number of thiophene rings is 1. The van der Waals surface area contributed by atoms with Gasteiger partial charge in [-0.15, -0.1) is 11.3 Å². The average molecular weight is 301 g/mol. The van der Waals surface area contributed by atoms with Crippen LogP contribution in [-0.4, -0.2) is 25.5 Å². The third-order valence-corrected chi connectivity index (χ3v) is 4.49. The number of benzene rings is 1. The molecule has 1 aliphatic heterocycles. The van der Waals surface area contributed by atoms with Crippen molar-refractivity contribution in [3.05, 3.63) is 51.7 Å². The van der Waals surface area contributed by atoms with Gasteiger partial charge >= 0.3 is 5.97 Å². The van der Waals surface area contributed by atoms with Gasteiger partial charge in [-0.25, -0.2) is 4.79 Å². The van der Waals surface area contributed by atoms with Crippen molar-refractivity contribution in [3.8, 4) is 0 Å². The summed E-state index contributed by atoms with van der Waals surface area (Å²) in [5.41, 5.74) is 2.28. The number of fused-ring (bicyclic) bond motifs is 1. The highest BCUT2D eigenvalue weighted by Gasteiger charge is 2.27. The predicted molar refractivity (Wildman–Crippen MR) is 82.1 cm³/mol. The van der Waals surface area contributed by atoms with Crippen LogP contribution in [0.3, 0.4) is 0 Å². The van der Waals surface area contributed by atoms with Crippen LogP contribution in [0.25, 0.3) is 0 Å². The van der Waals surface area contributed by atoms with Crippen molar-refractivity contribution in [2.45, 2.75) is 12.8 Å². The molecule has 0 N–H and O–H groups in total. The molecule has 2 aromatic rings. The lowest BCUT2D eigenvalue weighted by atomic mass is 9.96. The molecule has 0 aliphatic carbocycles. The first-order valence-electron chi connectivity index (χ1n) is 6.78. The van der Waals surface area contributed by atoms with E-state index in [1.54, 1.807) is 17.0 Å². The Morgan fingerprint density at radius 3 is 2.81 bits per heavy atom. The number of amides is 1. The van der Waals surface area contributed by atoms with Gasteiger partial charge in [0.25, 0.3) is 5.91 Å². The number of ether oxygens (including phenoxy) is 1. The molecule has 2 heterocycles. The molecule has 1 aromatic heterocycles. The molecule has 108 valence electrons. The molecule has 0 saturated heterocycles. The normalized spacial score (nSPS) is 13.7. The topological polar surface area (TPSA) is 46.6 Å². The third kappa shape index (κ3) is 2.45. The maximum absolute atomic E-state index is 12.6. The van der Waals surface area contributed by atoms with Crippen molar-refractivity contribution in [2.24, 2.45) is 0 Å². The summed E-state index contributed by atoms with van der Waals surface area (Å²) in [6.07, 6.45) is 1.63. The number of nitrogens with zero attached hydrogens (tertiary/aromatic N) is 1. The van der Waals surface area contributed by atoms with Crippen LogP contribution in [0.2, 0.25) is 0 Å². The summed E-state index contributed by atoms with van der Waals surface area (Å²) < 4.78 is 4.83. The zero-order valence-corrected chi connectivity index (χ0v) is 12.5. The maximum atomic E-state index is 12.6. The Morgan fingerprint density at radius 2 is 2.10 bits per heavy atom. The van der Waals surface area contributed by atoms with Gasteiger partial charge in [0.15, 0.2) is 0 Å². The molecule has 3 rings (SSSR count). The summed E-state index contributed by atoms with van der Waals surface area (Å²) in [5, 5.41) is 1.89. The monoisotopic (exact) mass is 301 g/mol.